The largest absolute Gasteiger partial charge is 0.387 e. The Labute approximate surface area is 124 Å². The van der Waals surface area contributed by atoms with E-state index in [1.54, 1.807) is 6.07 Å². The molecule has 0 saturated heterocycles. The second-order valence-corrected chi connectivity index (χ2v) is 6.86. The molecule has 0 fully saturated rings. The van der Waals surface area contributed by atoms with Gasteiger partial charge in [-0.1, -0.05) is 26.8 Å². The number of aliphatic hydroxyl groups is 1. The quantitative estimate of drug-likeness (QED) is 0.901. The standard InChI is InChI=1S/C16H23FN2O2/c1-15(2,3)8-10-19-14(21)16(17)7-6-12(20)13-11(16)5-4-9-18-13/h4-5,9,12,20H,6-8,10H2,1-3H3,(H,19,21). The van der Waals surface area contributed by atoms with E-state index in [-0.39, 0.29) is 29.5 Å². The fourth-order valence-electron chi connectivity index (χ4n) is 2.55. The molecule has 1 aromatic rings. The van der Waals surface area contributed by atoms with Crippen LogP contribution in [0, 0.1) is 5.41 Å². The molecule has 2 rings (SSSR count). The van der Waals surface area contributed by atoms with E-state index < -0.39 is 17.7 Å². The SMILES string of the molecule is CC(C)(C)CCNC(=O)C1(F)CCC(O)c2ncccc21. The number of amides is 1. The number of nitrogens with one attached hydrogen (secondary N) is 1. The number of alkyl halides is 1. The Morgan fingerprint density at radius 2 is 2.29 bits per heavy atom. The number of rotatable bonds is 3. The first-order valence-electron chi connectivity index (χ1n) is 7.35. The smallest absolute Gasteiger partial charge is 0.262 e. The topological polar surface area (TPSA) is 62.2 Å². The van der Waals surface area contributed by atoms with Crippen LogP contribution in [0.4, 0.5) is 4.39 Å². The highest BCUT2D eigenvalue weighted by Gasteiger charge is 2.46. The van der Waals surface area contributed by atoms with Crippen molar-refractivity contribution in [2.75, 3.05) is 6.54 Å². The lowest BCUT2D eigenvalue weighted by molar-refractivity contribution is -0.135. The Morgan fingerprint density at radius 3 is 2.95 bits per heavy atom. The molecule has 0 spiro atoms. The van der Waals surface area contributed by atoms with Crippen molar-refractivity contribution in [2.24, 2.45) is 5.41 Å². The molecule has 5 heteroatoms. The number of hydrogen-bond donors (Lipinski definition) is 2. The van der Waals surface area contributed by atoms with Crippen LogP contribution in [-0.2, 0) is 10.5 Å². The zero-order valence-corrected chi connectivity index (χ0v) is 12.8. The lowest BCUT2D eigenvalue weighted by atomic mass is 9.81. The molecule has 1 aliphatic rings. The Kier molecular flexibility index (Phi) is 4.33. The number of carbonyl (C=O) groups is 1. The Balaban J connectivity index is 2.15. The molecule has 2 atom stereocenters. The summed E-state index contributed by atoms with van der Waals surface area (Å²) in [6.45, 7) is 6.65. The van der Waals surface area contributed by atoms with Crippen molar-refractivity contribution in [3.8, 4) is 0 Å². The van der Waals surface area contributed by atoms with Gasteiger partial charge in [-0.2, -0.15) is 0 Å². The maximum Gasteiger partial charge on any atom is 0.262 e. The summed E-state index contributed by atoms with van der Waals surface area (Å²) in [7, 11) is 0. The zero-order chi connectivity index (χ0) is 15.7. The second-order valence-electron chi connectivity index (χ2n) is 6.86. The van der Waals surface area contributed by atoms with Gasteiger partial charge in [0.15, 0.2) is 0 Å². The van der Waals surface area contributed by atoms with Crippen LogP contribution in [0.3, 0.4) is 0 Å². The first-order valence-corrected chi connectivity index (χ1v) is 7.35. The van der Waals surface area contributed by atoms with Crippen LogP contribution in [0.1, 0.15) is 57.4 Å². The van der Waals surface area contributed by atoms with E-state index in [9.17, 15) is 9.90 Å². The molecule has 1 amide bonds. The van der Waals surface area contributed by atoms with Crippen molar-refractivity contribution in [1.29, 1.82) is 0 Å². The van der Waals surface area contributed by atoms with Gasteiger partial charge in [-0.25, -0.2) is 4.39 Å². The summed E-state index contributed by atoms with van der Waals surface area (Å²) in [5, 5.41) is 12.6. The fourth-order valence-corrected chi connectivity index (χ4v) is 2.55. The van der Waals surface area contributed by atoms with Gasteiger partial charge in [-0.3, -0.25) is 9.78 Å². The molecular formula is C16H23FN2O2. The van der Waals surface area contributed by atoms with Crippen LogP contribution in [0.2, 0.25) is 0 Å². The van der Waals surface area contributed by atoms with Gasteiger partial charge in [0.25, 0.3) is 5.91 Å². The van der Waals surface area contributed by atoms with Crippen molar-refractivity contribution in [2.45, 2.75) is 51.8 Å². The van der Waals surface area contributed by atoms with E-state index in [0.29, 0.717) is 6.54 Å². The van der Waals surface area contributed by atoms with Gasteiger partial charge < -0.3 is 10.4 Å². The van der Waals surface area contributed by atoms with Gasteiger partial charge in [-0.15, -0.1) is 0 Å². The van der Waals surface area contributed by atoms with Gasteiger partial charge >= 0.3 is 0 Å². The minimum absolute atomic E-state index is 0.0196. The molecule has 21 heavy (non-hydrogen) atoms. The average molecular weight is 294 g/mol. The van der Waals surface area contributed by atoms with Gasteiger partial charge in [0.05, 0.1) is 11.8 Å². The van der Waals surface area contributed by atoms with Gasteiger partial charge in [0.2, 0.25) is 5.67 Å². The van der Waals surface area contributed by atoms with Crippen molar-refractivity contribution < 1.29 is 14.3 Å². The van der Waals surface area contributed by atoms with Crippen LogP contribution in [-0.4, -0.2) is 22.5 Å². The first-order chi connectivity index (χ1) is 9.74. The molecule has 2 unspecified atom stereocenters. The van der Waals surface area contributed by atoms with E-state index in [4.69, 9.17) is 0 Å². The van der Waals surface area contributed by atoms with Gasteiger partial charge in [-0.05, 0) is 30.7 Å². The molecule has 1 aromatic heterocycles. The molecule has 116 valence electrons. The fraction of sp³-hybridized carbons (Fsp3) is 0.625. The second kappa shape index (κ2) is 5.72. The third-order valence-electron chi connectivity index (χ3n) is 3.86. The number of aromatic nitrogens is 1. The normalized spacial score (nSPS) is 25.3. The molecule has 0 bridgehead atoms. The lowest BCUT2D eigenvalue weighted by Crippen LogP contribution is -2.45. The molecule has 1 heterocycles. The van der Waals surface area contributed by atoms with Gasteiger partial charge in [0.1, 0.15) is 0 Å². The van der Waals surface area contributed by atoms with E-state index in [1.165, 1.54) is 12.3 Å². The molecule has 0 aromatic carbocycles. The minimum Gasteiger partial charge on any atom is -0.387 e. The summed E-state index contributed by atoms with van der Waals surface area (Å²) in [5.74, 6) is -0.632. The molecule has 0 aliphatic heterocycles. The van der Waals surface area contributed by atoms with Gasteiger partial charge in [0, 0.05) is 18.3 Å². The Morgan fingerprint density at radius 1 is 1.57 bits per heavy atom. The summed E-state index contributed by atoms with van der Waals surface area (Å²) >= 11 is 0. The highest BCUT2D eigenvalue weighted by atomic mass is 19.1. The summed E-state index contributed by atoms with van der Waals surface area (Å²) < 4.78 is 15.2. The first kappa shape index (κ1) is 15.9. The molecule has 0 radical (unpaired) electrons. The van der Waals surface area contributed by atoms with Crippen LogP contribution in [0.15, 0.2) is 18.3 Å². The summed E-state index contributed by atoms with van der Waals surface area (Å²) in [4.78, 5) is 16.3. The number of carbonyl (C=O) groups excluding carboxylic acids is 1. The lowest BCUT2D eigenvalue weighted by Gasteiger charge is -2.32. The third kappa shape index (κ3) is 3.40. The highest BCUT2D eigenvalue weighted by molar-refractivity contribution is 5.87. The number of hydrogen-bond acceptors (Lipinski definition) is 3. The van der Waals surface area contributed by atoms with E-state index >= 15 is 4.39 Å². The van der Waals surface area contributed by atoms with Crippen molar-refractivity contribution >= 4 is 5.91 Å². The van der Waals surface area contributed by atoms with Crippen LogP contribution in [0.25, 0.3) is 0 Å². The van der Waals surface area contributed by atoms with E-state index in [2.05, 4.69) is 31.1 Å². The molecule has 1 aliphatic carbocycles. The predicted molar refractivity (Wildman–Crippen MR) is 78.3 cm³/mol. The maximum atomic E-state index is 15.2. The monoisotopic (exact) mass is 294 g/mol. The summed E-state index contributed by atoms with van der Waals surface area (Å²) in [6.07, 6.45) is 1.66. The minimum atomic E-state index is -2.10. The zero-order valence-electron chi connectivity index (χ0n) is 12.8. The Bertz CT molecular complexity index is 527. The Hall–Kier alpha value is -1.49. The van der Waals surface area contributed by atoms with Crippen LogP contribution < -0.4 is 5.32 Å². The van der Waals surface area contributed by atoms with Crippen molar-refractivity contribution in [3.05, 3.63) is 29.6 Å². The summed E-state index contributed by atoms with van der Waals surface area (Å²) in [6, 6.07) is 3.13. The molecular weight excluding hydrogens is 271 g/mol. The number of halogens is 1. The molecule has 4 nitrogen and oxygen atoms in total. The average Bonchev–Trinajstić information content (AvgIpc) is 2.42. The summed E-state index contributed by atoms with van der Waals surface area (Å²) in [5.41, 5.74) is -1.55. The predicted octanol–water partition coefficient (Wildman–Crippen LogP) is 2.63. The van der Waals surface area contributed by atoms with Crippen molar-refractivity contribution in [1.82, 2.24) is 10.3 Å². The maximum absolute atomic E-state index is 15.2. The third-order valence-corrected chi connectivity index (χ3v) is 3.86. The highest BCUT2D eigenvalue weighted by Crippen LogP contribution is 2.42. The van der Waals surface area contributed by atoms with E-state index in [1.807, 2.05) is 0 Å². The van der Waals surface area contributed by atoms with Crippen LogP contribution in [0.5, 0.6) is 0 Å². The molecule has 2 N–H and O–H groups in total. The number of pyridine rings is 1. The number of fused-ring (bicyclic) bond motifs is 1. The van der Waals surface area contributed by atoms with Crippen molar-refractivity contribution in [3.63, 3.8) is 0 Å². The molecule has 0 saturated carbocycles. The number of nitrogens with zero attached hydrogens (tertiary/aromatic N) is 1. The number of aliphatic hydroxyl groups excluding tert-OH is 1. The van der Waals surface area contributed by atoms with Crippen LogP contribution >= 0.6 is 0 Å². The van der Waals surface area contributed by atoms with E-state index in [0.717, 1.165) is 6.42 Å².